The van der Waals surface area contributed by atoms with Crippen molar-refractivity contribution in [2.75, 3.05) is 32.1 Å². The Bertz CT molecular complexity index is 424. The van der Waals surface area contributed by atoms with Crippen LogP contribution in [0.3, 0.4) is 0 Å². The van der Waals surface area contributed by atoms with E-state index in [1.54, 1.807) is 0 Å². The maximum atomic E-state index is 4.66. The Balaban J connectivity index is 2.07. The van der Waals surface area contributed by atoms with E-state index in [1.165, 1.54) is 19.4 Å². The molecule has 106 valence electrons. The summed E-state index contributed by atoms with van der Waals surface area (Å²) in [4.78, 5) is 13.8. The summed E-state index contributed by atoms with van der Waals surface area (Å²) in [7, 11) is 4.33. The fourth-order valence-electron chi connectivity index (χ4n) is 2.60. The molecule has 0 aliphatic carbocycles. The van der Waals surface area contributed by atoms with Gasteiger partial charge in [-0.3, -0.25) is 0 Å². The molecule has 0 N–H and O–H groups in total. The van der Waals surface area contributed by atoms with Gasteiger partial charge in [-0.15, -0.1) is 0 Å². The number of likely N-dealkylation sites (N-methyl/N-ethyl adjacent to an activating group) is 2. The molecule has 2 rings (SSSR count). The van der Waals surface area contributed by atoms with Gasteiger partial charge in [0.25, 0.3) is 0 Å². The second-order valence-electron chi connectivity index (χ2n) is 5.37. The van der Waals surface area contributed by atoms with Crippen LogP contribution in [-0.2, 0) is 6.42 Å². The number of aryl methyl sites for hydroxylation is 1. The van der Waals surface area contributed by atoms with Crippen molar-refractivity contribution in [3.8, 4) is 0 Å². The first-order valence-electron chi connectivity index (χ1n) is 7.05. The van der Waals surface area contributed by atoms with E-state index in [0.717, 1.165) is 35.6 Å². The van der Waals surface area contributed by atoms with Crippen molar-refractivity contribution in [1.82, 2.24) is 14.9 Å². The third kappa shape index (κ3) is 3.89. The second-order valence-corrected chi connectivity index (χ2v) is 6.18. The topological polar surface area (TPSA) is 32.3 Å². The maximum Gasteiger partial charge on any atom is 0.133 e. The minimum Gasteiger partial charge on any atom is -0.358 e. The minimum absolute atomic E-state index is 0.647. The molecule has 1 atom stereocenters. The monoisotopic (exact) mass is 326 g/mol. The van der Waals surface area contributed by atoms with Crippen molar-refractivity contribution in [3.63, 3.8) is 0 Å². The van der Waals surface area contributed by atoms with Crippen LogP contribution in [0.1, 0.15) is 32.0 Å². The molecule has 1 saturated heterocycles. The fourth-order valence-corrected chi connectivity index (χ4v) is 3.01. The van der Waals surface area contributed by atoms with Crippen molar-refractivity contribution < 1.29 is 0 Å². The zero-order valence-corrected chi connectivity index (χ0v) is 13.7. The molecule has 5 heteroatoms. The van der Waals surface area contributed by atoms with Gasteiger partial charge < -0.3 is 9.80 Å². The average molecular weight is 327 g/mol. The molecule has 1 unspecified atom stereocenters. The highest BCUT2D eigenvalue weighted by Gasteiger charge is 2.22. The van der Waals surface area contributed by atoms with Gasteiger partial charge in [0.15, 0.2) is 0 Å². The maximum absolute atomic E-state index is 4.66. The fraction of sp³-hybridized carbons (Fsp3) is 0.714. The summed E-state index contributed by atoms with van der Waals surface area (Å²) < 4.78 is 0.882. The van der Waals surface area contributed by atoms with E-state index in [1.807, 2.05) is 6.07 Å². The van der Waals surface area contributed by atoms with E-state index in [0.29, 0.717) is 6.04 Å². The van der Waals surface area contributed by atoms with E-state index < -0.39 is 0 Å². The number of aromatic nitrogens is 2. The first-order chi connectivity index (χ1) is 9.10. The van der Waals surface area contributed by atoms with Crippen molar-refractivity contribution in [2.45, 2.75) is 38.6 Å². The van der Waals surface area contributed by atoms with Crippen LogP contribution < -0.4 is 4.90 Å². The Morgan fingerprint density at radius 2 is 2.26 bits per heavy atom. The van der Waals surface area contributed by atoms with E-state index in [-0.39, 0.29) is 0 Å². The molecule has 0 bridgehead atoms. The van der Waals surface area contributed by atoms with Crippen LogP contribution >= 0.6 is 15.9 Å². The van der Waals surface area contributed by atoms with Gasteiger partial charge in [-0.2, -0.15) is 0 Å². The van der Waals surface area contributed by atoms with E-state index in [2.05, 4.69) is 56.7 Å². The van der Waals surface area contributed by atoms with Gasteiger partial charge in [0, 0.05) is 32.1 Å². The van der Waals surface area contributed by atoms with Crippen LogP contribution in [0.4, 0.5) is 5.82 Å². The molecular weight excluding hydrogens is 304 g/mol. The zero-order chi connectivity index (χ0) is 13.8. The molecule has 0 amide bonds. The Hall–Kier alpha value is -0.680. The number of likely N-dealkylation sites (tertiary alicyclic amines) is 1. The Morgan fingerprint density at radius 1 is 1.47 bits per heavy atom. The molecule has 0 radical (unpaired) electrons. The molecule has 0 spiro atoms. The largest absolute Gasteiger partial charge is 0.358 e. The van der Waals surface area contributed by atoms with Crippen LogP contribution in [0, 0.1) is 0 Å². The van der Waals surface area contributed by atoms with Crippen molar-refractivity contribution in [1.29, 1.82) is 0 Å². The summed E-state index contributed by atoms with van der Waals surface area (Å²) in [5, 5.41) is 0. The van der Waals surface area contributed by atoms with Gasteiger partial charge in [-0.25, -0.2) is 9.97 Å². The number of nitrogens with zero attached hydrogens (tertiary/aromatic N) is 4. The Labute approximate surface area is 124 Å². The van der Waals surface area contributed by atoms with Crippen LogP contribution in [0.25, 0.3) is 0 Å². The molecule has 2 heterocycles. The third-order valence-electron chi connectivity index (χ3n) is 3.75. The highest BCUT2D eigenvalue weighted by molar-refractivity contribution is 9.10. The lowest BCUT2D eigenvalue weighted by molar-refractivity contribution is 0.314. The van der Waals surface area contributed by atoms with Crippen molar-refractivity contribution in [2.24, 2.45) is 0 Å². The summed E-state index contributed by atoms with van der Waals surface area (Å²) in [6.07, 6.45) is 4.60. The molecule has 0 saturated carbocycles. The minimum atomic E-state index is 0.647. The number of anilines is 1. The lowest BCUT2D eigenvalue weighted by Crippen LogP contribution is -2.37. The van der Waals surface area contributed by atoms with Gasteiger partial charge in [-0.05, 0) is 48.8 Å². The standard InChI is InChI=1S/C14H23BrN4/c1-4-6-13-16-12(15)9-14(17-13)19(3)10-11-7-5-8-18(11)2/h9,11H,4-8,10H2,1-3H3. The van der Waals surface area contributed by atoms with Gasteiger partial charge in [0.05, 0.1) is 0 Å². The van der Waals surface area contributed by atoms with Gasteiger partial charge in [-0.1, -0.05) is 6.92 Å². The Morgan fingerprint density at radius 3 is 2.89 bits per heavy atom. The lowest BCUT2D eigenvalue weighted by Gasteiger charge is -2.26. The summed E-state index contributed by atoms with van der Waals surface area (Å²) in [6.45, 7) is 4.40. The third-order valence-corrected chi connectivity index (χ3v) is 4.15. The lowest BCUT2D eigenvalue weighted by atomic mass is 10.2. The summed E-state index contributed by atoms with van der Waals surface area (Å²) >= 11 is 3.49. The summed E-state index contributed by atoms with van der Waals surface area (Å²) in [5.41, 5.74) is 0. The smallest absolute Gasteiger partial charge is 0.133 e. The predicted molar refractivity (Wildman–Crippen MR) is 82.6 cm³/mol. The van der Waals surface area contributed by atoms with E-state index in [4.69, 9.17) is 0 Å². The Kier molecular flexibility index (Phi) is 5.16. The zero-order valence-electron chi connectivity index (χ0n) is 12.1. The normalized spacial score (nSPS) is 19.9. The number of hydrogen-bond donors (Lipinski definition) is 0. The molecule has 1 aromatic rings. The van der Waals surface area contributed by atoms with Gasteiger partial charge in [0.2, 0.25) is 0 Å². The van der Waals surface area contributed by atoms with E-state index in [9.17, 15) is 0 Å². The summed E-state index contributed by atoms with van der Waals surface area (Å²) in [5.74, 6) is 1.95. The predicted octanol–water partition coefficient (Wildman–Crippen LogP) is 2.72. The molecule has 4 nitrogen and oxygen atoms in total. The van der Waals surface area contributed by atoms with Crippen LogP contribution in [0.15, 0.2) is 10.7 Å². The molecule has 1 aliphatic rings. The highest BCUT2D eigenvalue weighted by atomic mass is 79.9. The number of rotatable bonds is 5. The van der Waals surface area contributed by atoms with Crippen LogP contribution in [-0.4, -0.2) is 48.1 Å². The van der Waals surface area contributed by atoms with Crippen LogP contribution in [0.5, 0.6) is 0 Å². The van der Waals surface area contributed by atoms with Crippen molar-refractivity contribution >= 4 is 21.7 Å². The molecule has 1 aromatic heterocycles. The van der Waals surface area contributed by atoms with Crippen molar-refractivity contribution in [3.05, 3.63) is 16.5 Å². The molecule has 1 aliphatic heterocycles. The molecular formula is C14H23BrN4. The van der Waals surface area contributed by atoms with Gasteiger partial charge in [0.1, 0.15) is 16.2 Å². The molecule has 19 heavy (non-hydrogen) atoms. The number of hydrogen-bond acceptors (Lipinski definition) is 4. The van der Waals surface area contributed by atoms with Crippen LogP contribution in [0.2, 0.25) is 0 Å². The van der Waals surface area contributed by atoms with Gasteiger partial charge >= 0.3 is 0 Å². The quantitative estimate of drug-likeness (QED) is 0.779. The highest BCUT2D eigenvalue weighted by Crippen LogP contribution is 2.20. The first kappa shape index (κ1) is 14.7. The second kappa shape index (κ2) is 6.66. The number of halogens is 1. The molecule has 1 fully saturated rings. The first-order valence-corrected chi connectivity index (χ1v) is 7.84. The average Bonchev–Trinajstić information content (AvgIpc) is 2.75. The molecule has 0 aromatic carbocycles. The van der Waals surface area contributed by atoms with E-state index >= 15 is 0 Å². The summed E-state index contributed by atoms with van der Waals surface area (Å²) in [6, 6.07) is 2.65. The SMILES string of the molecule is CCCc1nc(Br)cc(N(C)CC2CCCN2C)n1.